The molecule has 2 aromatic rings. The largest absolute Gasteiger partial charge is 0.306 e. The number of halogens is 3. The van der Waals surface area contributed by atoms with Crippen molar-refractivity contribution in [2.24, 2.45) is 5.92 Å². The first-order valence-electron chi connectivity index (χ1n) is 6.90. The molecule has 0 aliphatic heterocycles. The van der Waals surface area contributed by atoms with Crippen LogP contribution in [0.25, 0.3) is 0 Å². The molecule has 1 atom stereocenters. The third kappa shape index (κ3) is 4.62. The minimum Gasteiger partial charge on any atom is -0.306 e. The van der Waals surface area contributed by atoms with Gasteiger partial charge < -0.3 is 5.32 Å². The summed E-state index contributed by atoms with van der Waals surface area (Å²) in [5.41, 5.74) is 2.22. The normalized spacial score (nSPS) is 12.7. The van der Waals surface area contributed by atoms with Gasteiger partial charge in [0.25, 0.3) is 0 Å². The molecule has 4 heteroatoms. The first-order chi connectivity index (χ1) is 9.97. The fourth-order valence-electron chi connectivity index (χ4n) is 2.31. The maximum atomic E-state index is 6.21. The van der Waals surface area contributed by atoms with Gasteiger partial charge in [0.05, 0.1) is 0 Å². The molecule has 1 N–H and O–H groups in total. The van der Waals surface area contributed by atoms with Gasteiger partial charge in [0, 0.05) is 27.7 Å². The molecular formula is C17H18Cl3N. The van der Waals surface area contributed by atoms with Crippen LogP contribution in [0, 0.1) is 5.92 Å². The van der Waals surface area contributed by atoms with E-state index in [4.69, 9.17) is 34.8 Å². The van der Waals surface area contributed by atoms with Crippen molar-refractivity contribution in [2.45, 2.75) is 26.4 Å². The Labute approximate surface area is 141 Å². The second kappa shape index (κ2) is 7.51. The Kier molecular flexibility index (Phi) is 5.95. The molecule has 0 saturated heterocycles. The SMILES string of the molecule is CC(C)C(NCc1cc(Cl)ccc1Cl)c1ccc(Cl)cc1. The molecule has 0 amide bonds. The van der Waals surface area contributed by atoms with E-state index in [0.717, 1.165) is 15.6 Å². The molecule has 0 aromatic heterocycles. The fourth-order valence-corrected chi connectivity index (χ4v) is 2.81. The molecule has 112 valence electrons. The summed E-state index contributed by atoms with van der Waals surface area (Å²) in [4.78, 5) is 0. The van der Waals surface area contributed by atoms with Crippen LogP contribution in [-0.2, 0) is 6.54 Å². The summed E-state index contributed by atoms with van der Waals surface area (Å²) >= 11 is 18.2. The number of benzene rings is 2. The van der Waals surface area contributed by atoms with Gasteiger partial charge in [-0.1, -0.05) is 60.8 Å². The zero-order chi connectivity index (χ0) is 15.4. The van der Waals surface area contributed by atoms with E-state index in [1.807, 2.05) is 24.3 Å². The van der Waals surface area contributed by atoms with Gasteiger partial charge in [-0.3, -0.25) is 0 Å². The predicted molar refractivity (Wildman–Crippen MR) is 92.3 cm³/mol. The summed E-state index contributed by atoms with van der Waals surface area (Å²) in [6.07, 6.45) is 0. The second-order valence-electron chi connectivity index (χ2n) is 5.39. The summed E-state index contributed by atoms with van der Waals surface area (Å²) in [6.45, 7) is 5.04. The average molecular weight is 343 g/mol. The quantitative estimate of drug-likeness (QED) is 0.688. The lowest BCUT2D eigenvalue weighted by Gasteiger charge is -2.23. The van der Waals surface area contributed by atoms with Crippen LogP contribution in [0.15, 0.2) is 42.5 Å². The highest BCUT2D eigenvalue weighted by molar-refractivity contribution is 6.33. The first-order valence-corrected chi connectivity index (χ1v) is 8.03. The average Bonchev–Trinajstić information content (AvgIpc) is 2.44. The van der Waals surface area contributed by atoms with Crippen LogP contribution < -0.4 is 5.32 Å². The molecule has 0 heterocycles. The molecule has 0 fully saturated rings. The van der Waals surface area contributed by atoms with Gasteiger partial charge in [0.1, 0.15) is 0 Å². The maximum Gasteiger partial charge on any atom is 0.0451 e. The summed E-state index contributed by atoms with van der Waals surface area (Å²) < 4.78 is 0. The molecule has 0 saturated carbocycles. The highest BCUT2D eigenvalue weighted by Crippen LogP contribution is 2.26. The minimum atomic E-state index is 0.234. The Morgan fingerprint density at radius 3 is 2.14 bits per heavy atom. The van der Waals surface area contributed by atoms with Crippen LogP contribution >= 0.6 is 34.8 Å². The van der Waals surface area contributed by atoms with Crippen LogP contribution in [0.5, 0.6) is 0 Å². The van der Waals surface area contributed by atoms with Crippen molar-refractivity contribution in [3.8, 4) is 0 Å². The van der Waals surface area contributed by atoms with Crippen molar-refractivity contribution < 1.29 is 0 Å². The van der Waals surface area contributed by atoms with Crippen LogP contribution in [0.3, 0.4) is 0 Å². The van der Waals surface area contributed by atoms with Crippen molar-refractivity contribution >= 4 is 34.8 Å². The molecular weight excluding hydrogens is 325 g/mol. The molecule has 21 heavy (non-hydrogen) atoms. The second-order valence-corrected chi connectivity index (χ2v) is 6.67. The van der Waals surface area contributed by atoms with Crippen LogP contribution in [0.2, 0.25) is 15.1 Å². The minimum absolute atomic E-state index is 0.234. The Morgan fingerprint density at radius 2 is 1.52 bits per heavy atom. The molecule has 1 nitrogen and oxygen atoms in total. The maximum absolute atomic E-state index is 6.21. The van der Waals surface area contributed by atoms with Gasteiger partial charge in [0.2, 0.25) is 0 Å². The monoisotopic (exact) mass is 341 g/mol. The zero-order valence-corrected chi connectivity index (χ0v) is 14.3. The van der Waals surface area contributed by atoms with E-state index in [9.17, 15) is 0 Å². The van der Waals surface area contributed by atoms with Crippen molar-refractivity contribution in [1.82, 2.24) is 5.32 Å². The third-order valence-corrected chi connectivity index (χ3v) is 4.27. The lowest BCUT2D eigenvalue weighted by Crippen LogP contribution is -2.25. The Balaban J connectivity index is 2.13. The number of hydrogen-bond acceptors (Lipinski definition) is 1. The van der Waals surface area contributed by atoms with Gasteiger partial charge in [0.15, 0.2) is 0 Å². The summed E-state index contributed by atoms with van der Waals surface area (Å²) in [7, 11) is 0. The molecule has 1 unspecified atom stereocenters. The fraction of sp³-hybridized carbons (Fsp3) is 0.294. The number of rotatable bonds is 5. The molecule has 0 radical (unpaired) electrons. The predicted octanol–water partition coefficient (Wildman–Crippen LogP) is 6.13. The zero-order valence-electron chi connectivity index (χ0n) is 12.0. The molecule has 0 aliphatic carbocycles. The van der Waals surface area contributed by atoms with E-state index < -0.39 is 0 Å². The molecule has 0 bridgehead atoms. The van der Waals surface area contributed by atoms with Crippen LogP contribution in [-0.4, -0.2) is 0 Å². The lowest BCUT2D eigenvalue weighted by molar-refractivity contribution is 0.410. The van der Waals surface area contributed by atoms with Crippen molar-refractivity contribution in [3.05, 3.63) is 68.7 Å². The lowest BCUT2D eigenvalue weighted by atomic mass is 9.96. The Bertz CT molecular complexity index is 593. The van der Waals surface area contributed by atoms with Crippen molar-refractivity contribution in [2.75, 3.05) is 0 Å². The number of nitrogens with one attached hydrogen (secondary N) is 1. The Morgan fingerprint density at radius 1 is 0.905 bits per heavy atom. The van der Waals surface area contributed by atoms with Crippen molar-refractivity contribution in [1.29, 1.82) is 0 Å². The first kappa shape index (κ1) is 16.6. The van der Waals surface area contributed by atoms with E-state index >= 15 is 0 Å². The van der Waals surface area contributed by atoms with E-state index in [0.29, 0.717) is 17.5 Å². The Hall–Kier alpha value is -0.730. The van der Waals surface area contributed by atoms with E-state index in [1.54, 1.807) is 6.07 Å². The summed E-state index contributed by atoms with van der Waals surface area (Å²) in [6, 6.07) is 13.7. The smallest absolute Gasteiger partial charge is 0.0451 e. The van der Waals surface area contributed by atoms with E-state index in [1.165, 1.54) is 5.56 Å². The number of hydrogen-bond donors (Lipinski definition) is 1. The topological polar surface area (TPSA) is 12.0 Å². The van der Waals surface area contributed by atoms with Gasteiger partial charge >= 0.3 is 0 Å². The van der Waals surface area contributed by atoms with Gasteiger partial charge in [-0.15, -0.1) is 0 Å². The molecule has 0 spiro atoms. The molecule has 2 rings (SSSR count). The summed E-state index contributed by atoms with van der Waals surface area (Å²) in [5, 5.41) is 5.73. The standard InChI is InChI=1S/C17H18Cl3N/c1-11(2)17(12-3-5-14(18)6-4-12)21-10-13-9-15(19)7-8-16(13)20/h3-9,11,17,21H,10H2,1-2H3. The van der Waals surface area contributed by atoms with Gasteiger partial charge in [-0.05, 0) is 47.4 Å². The van der Waals surface area contributed by atoms with E-state index in [2.05, 4.69) is 31.3 Å². The van der Waals surface area contributed by atoms with Crippen LogP contribution in [0.4, 0.5) is 0 Å². The van der Waals surface area contributed by atoms with Crippen LogP contribution in [0.1, 0.15) is 31.0 Å². The summed E-state index contributed by atoms with van der Waals surface area (Å²) in [5.74, 6) is 0.448. The molecule has 0 aliphatic rings. The van der Waals surface area contributed by atoms with Crippen molar-refractivity contribution in [3.63, 3.8) is 0 Å². The van der Waals surface area contributed by atoms with Gasteiger partial charge in [-0.25, -0.2) is 0 Å². The van der Waals surface area contributed by atoms with E-state index in [-0.39, 0.29) is 6.04 Å². The van der Waals surface area contributed by atoms with Gasteiger partial charge in [-0.2, -0.15) is 0 Å². The highest BCUT2D eigenvalue weighted by atomic mass is 35.5. The highest BCUT2D eigenvalue weighted by Gasteiger charge is 2.15. The third-order valence-electron chi connectivity index (χ3n) is 3.42. The molecule has 2 aromatic carbocycles.